The second-order valence-corrected chi connectivity index (χ2v) is 7.87. The highest BCUT2D eigenvalue weighted by atomic mass is 16.5. The summed E-state index contributed by atoms with van der Waals surface area (Å²) < 4.78 is 10.7. The van der Waals surface area contributed by atoms with Crippen LogP contribution in [0.3, 0.4) is 0 Å². The Morgan fingerprint density at radius 1 is 0.818 bits per heavy atom. The molecule has 1 aliphatic rings. The number of methoxy groups -OCH3 is 2. The zero-order valence-electron chi connectivity index (χ0n) is 19.1. The van der Waals surface area contributed by atoms with Gasteiger partial charge in [-0.1, -0.05) is 48.5 Å². The summed E-state index contributed by atoms with van der Waals surface area (Å²) in [4.78, 5) is 28.3. The molecule has 3 aromatic carbocycles. The molecule has 0 aromatic heterocycles. The van der Waals surface area contributed by atoms with Gasteiger partial charge in [0, 0.05) is 5.69 Å². The maximum absolute atomic E-state index is 13.5. The van der Waals surface area contributed by atoms with E-state index >= 15 is 0 Å². The molecule has 0 unspecified atom stereocenters. The maximum atomic E-state index is 13.5. The lowest BCUT2D eigenvalue weighted by Gasteiger charge is -2.17. The summed E-state index contributed by atoms with van der Waals surface area (Å²) in [5.74, 6) is 0.420. The van der Waals surface area contributed by atoms with Crippen LogP contribution in [0.15, 0.2) is 72.4 Å². The Morgan fingerprint density at radius 3 is 2.24 bits per heavy atom. The molecule has 33 heavy (non-hydrogen) atoms. The van der Waals surface area contributed by atoms with Gasteiger partial charge in [-0.3, -0.25) is 14.5 Å². The van der Waals surface area contributed by atoms with Crippen LogP contribution in [0.2, 0.25) is 0 Å². The Bertz CT molecular complexity index is 1250. The molecular weight excluding hydrogens is 416 g/mol. The third-order valence-corrected chi connectivity index (χ3v) is 5.88. The lowest BCUT2D eigenvalue weighted by molar-refractivity contribution is -0.137. The molecule has 0 aliphatic carbocycles. The number of hydrogen-bond donors (Lipinski definition) is 1. The van der Waals surface area contributed by atoms with Gasteiger partial charge in [0.2, 0.25) is 0 Å². The topological polar surface area (TPSA) is 67.9 Å². The molecule has 6 nitrogen and oxygen atoms in total. The van der Waals surface area contributed by atoms with E-state index in [1.165, 1.54) is 4.90 Å². The first kappa shape index (κ1) is 22.1. The van der Waals surface area contributed by atoms with E-state index in [4.69, 9.17) is 9.47 Å². The van der Waals surface area contributed by atoms with Crippen molar-refractivity contribution in [2.75, 3.05) is 19.5 Å². The van der Waals surface area contributed by atoms with E-state index in [1.54, 1.807) is 26.4 Å². The van der Waals surface area contributed by atoms with Gasteiger partial charge in [-0.25, -0.2) is 0 Å². The zero-order chi connectivity index (χ0) is 23.5. The van der Waals surface area contributed by atoms with Crippen LogP contribution in [0.4, 0.5) is 5.69 Å². The second-order valence-electron chi connectivity index (χ2n) is 7.87. The van der Waals surface area contributed by atoms with E-state index in [2.05, 4.69) is 5.32 Å². The summed E-state index contributed by atoms with van der Waals surface area (Å²) in [5.41, 5.74) is 5.01. The normalized spacial score (nSPS) is 13.5. The molecule has 6 heteroatoms. The molecule has 0 spiro atoms. The van der Waals surface area contributed by atoms with Gasteiger partial charge in [-0.2, -0.15) is 0 Å². The van der Waals surface area contributed by atoms with Crippen LogP contribution in [0.25, 0.3) is 5.57 Å². The van der Waals surface area contributed by atoms with Crippen molar-refractivity contribution in [1.82, 2.24) is 4.90 Å². The van der Waals surface area contributed by atoms with Crippen LogP contribution < -0.4 is 14.8 Å². The molecule has 1 N–H and O–H groups in total. The molecule has 4 rings (SSSR count). The molecule has 0 saturated heterocycles. The maximum Gasteiger partial charge on any atom is 0.278 e. The fraction of sp³-hybridized carbons (Fsp3) is 0.185. The van der Waals surface area contributed by atoms with Crippen LogP contribution in [-0.2, 0) is 16.1 Å². The number of ether oxygens (including phenoxy) is 2. The van der Waals surface area contributed by atoms with Crippen molar-refractivity contribution in [2.45, 2.75) is 20.4 Å². The minimum atomic E-state index is -0.366. The molecule has 0 atom stereocenters. The molecule has 1 heterocycles. The molecule has 1 aliphatic heterocycles. The smallest absolute Gasteiger partial charge is 0.278 e. The highest BCUT2D eigenvalue weighted by Gasteiger charge is 2.39. The summed E-state index contributed by atoms with van der Waals surface area (Å²) in [5, 5.41) is 3.26. The fourth-order valence-corrected chi connectivity index (χ4v) is 3.89. The molecule has 2 amide bonds. The van der Waals surface area contributed by atoms with Crippen molar-refractivity contribution in [1.29, 1.82) is 0 Å². The largest absolute Gasteiger partial charge is 0.493 e. The summed E-state index contributed by atoms with van der Waals surface area (Å²) in [6.07, 6.45) is 0. The zero-order valence-corrected chi connectivity index (χ0v) is 19.1. The summed E-state index contributed by atoms with van der Waals surface area (Å²) in [6, 6.07) is 20.5. The lowest BCUT2D eigenvalue weighted by Crippen LogP contribution is -2.32. The fourth-order valence-electron chi connectivity index (χ4n) is 3.89. The number of carbonyl (C=O) groups excluding carboxylic acids is 2. The van der Waals surface area contributed by atoms with E-state index in [1.807, 2.05) is 68.4 Å². The van der Waals surface area contributed by atoms with Crippen molar-refractivity contribution < 1.29 is 19.1 Å². The van der Waals surface area contributed by atoms with Crippen molar-refractivity contribution in [3.63, 3.8) is 0 Å². The first-order valence-corrected chi connectivity index (χ1v) is 10.6. The number of anilines is 1. The van der Waals surface area contributed by atoms with Gasteiger partial charge in [0.1, 0.15) is 5.70 Å². The minimum absolute atomic E-state index is 0.117. The number of hydrogen-bond acceptors (Lipinski definition) is 5. The SMILES string of the molecule is COc1ccc(CN2C(=O)C(Nc3cccc(C)c3C)=C(c3ccccc3)C2=O)cc1OC. The van der Waals surface area contributed by atoms with E-state index in [0.29, 0.717) is 22.6 Å². The van der Waals surface area contributed by atoms with Crippen molar-refractivity contribution in [3.05, 3.63) is 94.7 Å². The summed E-state index contributed by atoms with van der Waals surface area (Å²) in [7, 11) is 3.11. The van der Waals surface area contributed by atoms with E-state index in [-0.39, 0.29) is 24.1 Å². The van der Waals surface area contributed by atoms with Gasteiger partial charge in [-0.05, 0) is 54.3 Å². The number of aryl methyl sites for hydroxylation is 1. The van der Waals surface area contributed by atoms with Gasteiger partial charge < -0.3 is 14.8 Å². The Balaban J connectivity index is 1.73. The third-order valence-electron chi connectivity index (χ3n) is 5.88. The van der Waals surface area contributed by atoms with Gasteiger partial charge in [0.15, 0.2) is 11.5 Å². The highest BCUT2D eigenvalue weighted by molar-refractivity contribution is 6.36. The minimum Gasteiger partial charge on any atom is -0.493 e. The molecular formula is C27H26N2O4. The molecule has 0 bridgehead atoms. The Kier molecular flexibility index (Phi) is 6.18. The number of carbonyl (C=O) groups is 2. The predicted octanol–water partition coefficient (Wildman–Crippen LogP) is 4.71. The number of imide groups is 1. The number of nitrogens with one attached hydrogen (secondary N) is 1. The van der Waals surface area contributed by atoms with Crippen molar-refractivity contribution in [3.8, 4) is 11.5 Å². The second kappa shape index (κ2) is 9.20. The van der Waals surface area contributed by atoms with Crippen molar-refractivity contribution in [2.24, 2.45) is 0 Å². The Labute approximate surface area is 193 Å². The van der Waals surface area contributed by atoms with Gasteiger partial charge >= 0.3 is 0 Å². The third kappa shape index (κ3) is 4.20. The first-order chi connectivity index (χ1) is 15.9. The molecule has 3 aromatic rings. The highest BCUT2D eigenvalue weighted by Crippen LogP contribution is 2.34. The van der Waals surface area contributed by atoms with E-state index in [9.17, 15) is 9.59 Å². The monoisotopic (exact) mass is 442 g/mol. The van der Waals surface area contributed by atoms with Crippen LogP contribution in [0.5, 0.6) is 11.5 Å². The standard InChI is InChI=1S/C27H26N2O4/c1-17-9-8-12-21(18(17)2)28-25-24(20-10-6-5-7-11-20)26(30)29(27(25)31)16-19-13-14-22(32-3)23(15-19)33-4/h5-15,28H,16H2,1-4H3. The quantitative estimate of drug-likeness (QED) is 0.537. The molecule has 168 valence electrons. The van der Waals surface area contributed by atoms with Crippen molar-refractivity contribution >= 4 is 23.1 Å². The van der Waals surface area contributed by atoms with Crippen LogP contribution in [-0.4, -0.2) is 30.9 Å². The molecule has 0 saturated carbocycles. The number of amides is 2. The Hall–Kier alpha value is -4.06. The van der Waals surface area contributed by atoms with Crippen LogP contribution in [0, 0.1) is 13.8 Å². The summed E-state index contributed by atoms with van der Waals surface area (Å²) >= 11 is 0. The molecule has 0 radical (unpaired) electrons. The number of benzene rings is 3. The van der Waals surface area contributed by atoms with E-state index in [0.717, 1.165) is 22.4 Å². The Morgan fingerprint density at radius 2 is 1.55 bits per heavy atom. The first-order valence-electron chi connectivity index (χ1n) is 10.6. The number of rotatable bonds is 7. The van der Waals surface area contributed by atoms with Crippen LogP contribution in [0.1, 0.15) is 22.3 Å². The number of nitrogens with zero attached hydrogens (tertiary/aromatic N) is 1. The van der Waals surface area contributed by atoms with Gasteiger partial charge in [-0.15, -0.1) is 0 Å². The van der Waals surface area contributed by atoms with Gasteiger partial charge in [0.05, 0.1) is 26.3 Å². The average molecular weight is 443 g/mol. The summed E-state index contributed by atoms with van der Waals surface area (Å²) in [6.45, 7) is 4.12. The van der Waals surface area contributed by atoms with Gasteiger partial charge in [0.25, 0.3) is 11.8 Å². The molecule has 0 fully saturated rings. The van der Waals surface area contributed by atoms with Crippen LogP contribution >= 0.6 is 0 Å². The van der Waals surface area contributed by atoms with E-state index < -0.39 is 0 Å². The predicted molar refractivity (Wildman–Crippen MR) is 128 cm³/mol. The average Bonchev–Trinajstić information content (AvgIpc) is 3.06. The lowest BCUT2D eigenvalue weighted by atomic mass is 10.0.